The molecule has 19 heavy (non-hydrogen) atoms. The molecule has 0 aromatic rings. The minimum atomic E-state index is -1.15. The Hall–Kier alpha value is -1.83. The summed E-state index contributed by atoms with van der Waals surface area (Å²) in [5, 5.41) is 11.3. The van der Waals surface area contributed by atoms with Gasteiger partial charge >= 0.3 is 18.0 Å². The molecule has 0 aromatic heterocycles. The van der Waals surface area contributed by atoms with E-state index in [1.807, 2.05) is 0 Å². The Kier molecular flexibility index (Phi) is 8.27. The summed E-state index contributed by atoms with van der Waals surface area (Å²) >= 11 is 0. The third kappa shape index (κ3) is 6.61. The van der Waals surface area contributed by atoms with Crippen molar-refractivity contribution in [1.29, 1.82) is 0 Å². The molecule has 0 bridgehead atoms. The van der Waals surface area contributed by atoms with E-state index >= 15 is 0 Å². The summed E-state index contributed by atoms with van der Waals surface area (Å²) in [5.74, 6) is -1.72. The van der Waals surface area contributed by atoms with E-state index in [9.17, 15) is 14.4 Å². The van der Waals surface area contributed by atoms with Gasteiger partial charge in [0.25, 0.3) is 0 Å². The van der Waals surface area contributed by atoms with Gasteiger partial charge in [0.1, 0.15) is 12.6 Å². The number of carbonyl (C=O) groups excluding carboxylic acids is 2. The highest BCUT2D eigenvalue weighted by Gasteiger charge is 2.23. The normalized spacial score (nSPS) is 11.5. The molecule has 0 rings (SSSR count). The average molecular weight is 276 g/mol. The number of carbonyl (C=O) groups is 3. The predicted octanol–water partition coefficient (Wildman–Crippen LogP) is -0.319. The van der Waals surface area contributed by atoms with Crippen LogP contribution in [0.4, 0.5) is 4.79 Å². The number of likely N-dealkylation sites (N-methyl/N-ethyl adjacent to an activating group) is 1. The number of nitrogens with zero attached hydrogens (tertiary/aromatic N) is 1. The fourth-order valence-corrected chi connectivity index (χ4v) is 1.28. The van der Waals surface area contributed by atoms with Crippen LogP contribution in [0, 0.1) is 0 Å². The van der Waals surface area contributed by atoms with Crippen molar-refractivity contribution < 1.29 is 29.0 Å². The first-order valence-electron chi connectivity index (χ1n) is 5.80. The zero-order valence-electron chi connectivity index (χ0n) is 11.3. The predicted molar refractivity (Wildman–Crippen MR) is 65.7 cm³/mol. The number of hydrogen-bond acceptors (Lipinski definition) is 5. The summed E-state index contributed by atoms with van der Waals surface area (Å²) in [5.41, 5.74) is 0. The van der Waals surface area contributed by atoms with Crippen LogP contribution in [0.5, 0.6) is 0 Å². The molecule has 0 spiro atoms. The van der Waals surface area contributed by atoms with Crippen molar-refractivity contribution in [1.82, 2.24) is 10.2 Å². The number of carboxylic acid groups (broad SMARTS) is 1. The molecule has 0 aromatic carbocycles. The summed E-state index contributed by atoms with van der Waals surface area (Å²) in [7, 11) is 2.66. The van der Waals surface area contributed by atoms with Gasteiger partial charge in [0.15, 0.2) is 0 Å². The van der Waals surface area contributed by atoms with Crippen LogP contribution >= 0.6 is 0 Å². The molecular weight excluding hydrogens is 256 g/mol. The van der Waals surface area contributed by atoms with Gasteiger partial charge in [-0.05, 0) is 6.92 Å². The van der Waals surface area contributed by atoms with Gasteiger partial charge in [-0.25, -0.2) is 9.59 Å². The molecule has 8 heteroatoms. The second kappa shape index (κ2) is 9.15. The minimum absolute atomic E-state index is 0.146. The van der Waals surface area contributed by atoms with Crippen molar-refractivity contribution in [3.63, 3.8) is 0 Å². The van der Waals surface area contributed by atoms with Gasteiger partial charge in [0, 0.05) is 26.7 Å². The maximum Gasteiger partial charge on any atom is 0.326 e. The quantitative estimate of drug-likeness (QED) is 0.589. The molecule has 110 valence electrons. The standard InChI is InChI=1S/C11H20N2O6/c1-4-13(7-9(14)19-3)11(17)12-8(10(15)16)5-6-18-2/h8H,4-7H2,1-3H3,(H,12,17)(H,15,16). The van der Waals surface area contributed by atoms with Crippen molar-refractivity contribution in [2.75, 3.05) is 33.9 Å². The molecule has 0 fully saturated rings. The Morgan fingerprint density at radius 2 is 1.95 bits per heavy atom. The summed E-state index contributed by atoms with van der Waals surface area (Å²) in [6.07, 6.45) is 0.146. The molecule has 2 amide bonds. The van der Waals surface area contributed by atoms with Gasteiger partial charge in [-0.3, -0.25) is 4.79 Å². The van der Waals surface area contributed by atoms with Crippen molar-refractivity contribution in [2.45, 2.75) is 19.4 Å². The van der Waals surface area contributed by atoms with Gasteiger partial charge in [0.2, 0.25) is 0 Å². The maximum atomic E-state index is 11.8. The van der Waals surface area contributed by atoms with Crippen LogP contribution in [0.25, 0.3) is 0 Å². The number of nitrogens with one attached hydrogen (secondary N) is 1. The lowest BCUT2D eigenvalue weighted by molar-refractivity contribution is -0.141. The van der Waals surface area contributed by atoms with Crippen LogP contribution in [0.1, 0.15) is 13.3 Å². The van der Waals surface area contributed by atoms with Gasteiger partial charge in [0.05, 0.1) is 7.11 Å². The van der Waals surface area contributed by atoms with E-state index in [1.165, 1.54) is 14.2 Å². The number of methoxy groups -OCH3 is 2. The van der Waals surface area contributed by atoms with E-state index < -0.39 is 24.0 Å². The molecule has 0 heterocycles. The SMILES string of the molecule is CCN(CC(=O)OC)C(=O)NC(CCOC)C(=O)O. The Morgan fingerprint density at radius 3 is 2.37 bits per heavy atom. The first-order valence-corrected chi connectivity index (χ1v) is 5.80. The number of ether oxygens (including phenoxy) is 2. The molecule has 0 aliphatic carbocycles. The van der Waals surface area contributed by atoms with E-state index in [1.54, 1.807) is 6.92 Å². The highest BCUT2D eigenvalue weighted by molar-refractivity contribution is 5.85. The van der Waals surface area contributed by atoms with Crippen LogP contribution in [0.3, 0.4) is 0 Å². The molecule has 0 aliphatic heterocycles. The van der Waals surface area contributed by atoms with Gasteiger partial charge in [-0.2, -0.15) is 0 Å². The highest BCUT2D eigenvalue weighted by atomic mass is 16.5. The van der Waals surface area contributed by atoms with Gasteiger partial charge in [-0.15, -0.1) is 0 Å². The highest BCUT2D eigenvalue weighted by Crippen LogP contribution is 1.97. The third-order valence-corrected chi connectivity index (χ3v) is 2.42. The Balaban J connectivity index is 4.50. The number of urea groups is 1. The monoisotopic (exact) mass is 276 g/mol. The van der Waals surface area contributed by atoms with Crippen molar-refractivity contribution >= 4 is 18.0 Å². The van der Waals surface area contributed by atoms with Crippen molar-refractivity contribution in [3.8, 4) is 0 Å². The van der Waals surface area contributed by atoms with Crippen molar-refractivity contribution in [2.24, 2.45) is 0 Å². The molecular formula is C11H20N2O6. The smallest absolute Gasteiger partial charge is 0.326 e. The second-order valence-corrected chi connectivity index (χ2v) is 3.71. The fourth-order valence-electron chi connectivity index (χ4n) is 1.28. The van der Waals surface area contributed by atoms with E-state index in [-0.39, 0.29) is 26.1 Å². The number of carboxylic acids is 1. The molecule has 2 N–H and O–H groups in total. The fraction of sp³-hybridized carbons (Fsp3) is 0.727. The van der Waals surface area contributed by atoms with Crippen LogP contribution in [0.2, 0.25) is 0 Å². The molecule has 8 nitrogen and oxygen atoms in total. The van der Waals surface area contributed by atoms with Gasteiger partial charge in [-0.1, -0.05) is 0 Å². The topological polar surface area (TPSA) is 105 Å². The minimum Gasteiger partial charge on any atom is -0.480 e. The van der Waals surface area contributed by atoms with Crippen LogP contribution in [0.15, 0.2) is 0 Å². The summed E-state index contributed by atoms with van der Waals surface area (Å²) < 4.78 is 9.22. The maximum absolute atomic E-state index is 11.8. The van der Waals surface area contributed by atoms with Gasteiger partial charge < -0.3 is 24.8 Å². The van der Waals surface area contributed by atoms with Crippen LogP contribution < -0.4 is 5.32 Å². The molecule has 1 atom stereocenters. The van der Waals surface area contributed by atoms with E-state index in [0.717, 1.165) is 4.90 Å². The van der Waals surface area contributed by atoms with E-state index in [2.05, 4.69) is 10.1 Å². The summed E-state index contributed by atoms with van der Waals surface area (Å²) in [4.78, 5) is 35.0. The Bertz CT molecular complexity index is 320. The number of esters is 1. The lowest BCUT2D eigenvalue weighted by Gasteiger charge is -2.22. The molecule has 0 saturated carbocycles. The zero-order chi connectivity index (χ0) is 14.8. The molecule has 1 unspecified atom stereocenters. The second-order valence-electron chi connectivity index (χ2n) is 3.71. The van der Waals surface area contributed by atoms with Crippen LogP contribution in [-0.4, -0.2) is 67.9 Å². The lowest BCUT2D eigenvalue weighted by Crippen LogP contribution is -2.49. The number of aliphatic carboxylic acids is 1. The number of amides is 2. The van der Waals surface area contributed by atoms with E-state index in [0.29, 0.717) is 0 Å². The number of hydrogen-bond donors (Lipinski definition) is 2. The summed E-state index contributed by atoms with van der Waals surface area (Å²) in [6.45, 7) is 1.92. The molecule has 0 radical (unpaired) electrons. The number of rotatable bonds is 8. The van der Waals surface area contributed by atoms with E-state index in [4.69, 9.17) is 9.84 Å². The third-order valence-electron chi connectivity index (χ3n) is 2.42. The first kappa shape index (κ1) is 17.2. The summed E-state index contributed by atoms with van der Waals surface area (Å²) in [6, 6.07) is -1.68. The first-order chi connectivity index (χ1) is 8.96. The lowest BCUT2D eigenvalue weighted by atomic mass is 10.2. The average Bonchev–Trinajstić information content (AvgIpc) is 2.39. The Labute approximate surface area is 111 Å². The van der Waals surface area contributed by atoms with Crippen LogP contribution in [-0.2, 0) is 19.1 Å². The largest absolute Gasteiger partial charge is 0.480 e. The van der Waals surface area contributed by atoms with Crippen molar-refractivity contribution in [3.05, 3.63) is 0 Å². The molecule has 0 aliphatic rings. The molecule has 0 saturated heterocycles. The Morgan fingerprint density at radius 1 is 1.32 bits per heavy atom. The zero-order valence-corrected chi connectivity index (χ0v) is 11.3.